The van der Waals surface area contributed by atoms with E-state index in [0.29, 0.717) is 0 Å². The van der Waals surface area contributed by atoms with Gasteiger partial charge in [0, 0.05) is 0 Å². The molecule has 0 radical (unpaired) electrons. The Morgan fingerprint density at radius 2 is 1.47 bits per heavy atom. The van der Waals surface area contributed by atoms with E-state index in [2.05, 4.69) is 0 Å². The molecule has 0 aliphatic carbocycles. The van der Waals surface area contributed by atoms with Crippen molar-refractivity contribution in [2.75, 3.05) is 32.3 Å². The summed E-state index contributed by atoms with van der Waals surface area (Å²) in [7, 11) is -12.5. The molecular formula is C17H24O12S3. The normalized spacial score (nSPS) is 27.7. The molecule has 2 heterocycles. The van der Waals surface area contributed by atoms with Gasteiger partial charge in [0.2, 0.25) is 0 Å². The Morgan fingerprint density at radius 3 is 2.00 bits per heavy atom. The van der Waals surface area contributed by atoms with Crippen LogP contribution in [-0.2, 0) is 57.1 Å². The molecule has 0 saturated carbocycles. The summed E-state index contributed by atoms with van der Waals surface area (Å²) >= 11 is 0. The van der Waals surface area contributed by atoms with Gasteiger partial charge in [0.15, 0.2) is 6.29 Å². The first-order chi connectivity index (χ1) is 14.8. The highest BCUT2D eigenvalue weighted by Gasteiger charge is 2.54. The lowest BCUT2D eigenvalue weighted by molar-refractivity contribution is -0.156. The highest BCUT2D eigenvalue weighted by molar-refractivity contribution is 7.87. The number of rotatable bonds is 9. The van der Waals surface area contributed by atoms with E-state index < -0.39 is 67.7 Å². The molecule has 0 spiro atoms. The monoisotopic (exact) mass is 516 g/mol. The average molecular weight is 517 g/mol. The summed E-state index contributed by atoms with van der Waals surface area (Å²) in [4.78, 5) is -0.194. The molecule has 2 aliphatic rings. The molecule has 0 N–H and O–H groups in total. The number of benzene rings is 1. The number of hydrogen-bond donors (Lipinski definition) is 0. The van der Waals surface area contributed by atoms with Crippen molar-refractivity contribution in [1.82, 2.24) is 0 Å². The Balaban J connectivity index is 1.96. The smallest absolute Gasteiger partial charge is 0.297 e. The van der Waals surface area contributed by atoms with E-state index in [9.17, 15) is 25.3 Å². The van der Waals surface area contributed by atoms with Crippen LogP contribution in [0.2, 0.25) is 0 Å². The van der Waals surface area contributed by atoms with Gasteiger partial charge in [0.25, 0.3) is 30.4 Å². The van der Waals surface area contributed by atoms with E-state index in [1.807, 2.05) is 0 Å². The Hall–Kier alpha value is -1.17. The molecule has 0 bridgehead atoms. The topological polar surface area (TPSA) is 158 Å². The highest BCUT2D eigenvalue weighted by atomic mass is 32.2. The third-order valence-corrected chi connectivity index (χ3v) is 7.00. The minimum absolute atomic E-state index is 0.188. The van der Waals surface area contributed by atoms with Gasteiger partial charge in [-0.1, -0.05) is 17.7 Å². The molecule has 182 valence electrons. The predicted octanol–water partition coefficient (Wildman–Crippen LogP) is -0.470. The van der Waals surface area contributed by atoms with Crippen molar-refractivity contribution >= 4 is 30.4 Å². The van der Waals surface area contributed by atoms with Crippen LogP contribution in [0.3, 0.4) is 0 Å². The Labute approximate surface area is 187 Å². The van der Waals surface area contributed by atoms with Crippen molar-refractivity contribution < 1.29 is 52.0 Å². The molecule has 2 aliphatic heterocycles. The Morgan fingerprint density at radius 1 is 0.875 bits per heavy atom. The molecule has 15 heteroatoms. The maximum absolute atomic E-state index is 12.9. The zero-order chi connectivity index (χ0) is 23.7. The second-order valence-electron chi connectivity index (χ2n) is 7.33. The first-order valence-corrected chi connectivity index (χ1v) is 14.4. The van der Waals surface area contributed by atoms with Crippen molar-refractivity contribution in [2.24, 2.45) is 0 Å². The van der Waals surface area contributed by atoms with Crippen molar-refractivity contribution in [3.05, 3.63) is 29.8 Å². The number of aryl methyl sites for hydroxylation is 1. The molecule has 12 nitrogen and oxygen atoms in total. The Kier molecular flexibility index (Phi) is 7.63. The fourth-order valence-corrected chi connectivity index (χ4v) is 5.31. The third-order valence-electron chi connectivity index (χ3n) is 4.54. The SMILES string of the molecule is Cc1ccc(S(=O)(=O)O[C@H]2[C@H](OS(C)(=O)=O)[C@H](C3OCCO3)O[C@H]2COS(C)(=O)=O)cc1. The van der Waals surface area contributed by atoms with Gasteiger partial charge in [-0.3, -0.25) is 12.5 Å². The summed E-state index contributed by atoms with van der Waals surface area (Å²) in [6.45, 7) is 1.49. The number of ether oxygens (including phenoxy) is 3. The summed E-state index contributed by atoms with van der Waals surface area (Å²) in [5.74, 6) is 0. The summed E-state index contributed by atoms with van der Waals surface area (Å²) in [5.41, 5.74) is 0.807. The van der Waals surface area contributed by atoms with Gasteiger partial charge in [0.1, 0.15) is 24.4 Å². The Bertz CT molecular complexity index is 1110. The second-order valence-corrected chi connectivity index (χ2v) is 12.1. The molecular weight excluding hydrogens is 492 g/mol. The fraction of sp³-hybridized carbons (Fsp3) is 0.647. The van der Waals surface area contributed by atoms with Gasteiger partial charge in [-0.2, -0.15) is 25.3 Å². The lowest BCUT2D eigenvalue weighted by Crippen LogP contribution is -2.44. The van der Waals surface area contributed by atoms with Crippen LogP contribution >= 0.6 is 0 Å². The summed E-state index contributed by atoms with van der Waals surface area (Å²) in [6, 6.07) is 5.74. The van der Waals surface area contributed by atoms with Crippen LogP contribution in [0.5, 0.6) is 0 Å². The van der Waals surface area contributed by atoms with Crippen molar-refractivity contribution in [3.8, 4) is 0 Å². The molecule has 1 aromatic carbocycles. The van der Waals surface area contributed by atoms with E-state index in [4.69, 9.17) is 26.8 Å². The van der Waals surface area contributed by atoms with Crippen LogP contribution in [0.1, 0.15) is 5.56 Å². The van der Waals surface area contributed by atoms with E-state index in [0.717, 1.165) is 18.1 Å². The van der Waals surface area contributed by atoms with E-state index in [1.54, 1.807) is 19.1 Å². The van der Waals surface area contributed by atoms with Gasteiger partial charge in [-0.05, 0) is 19.1 Å². The first-order valence-electron chi connectivity index (χ1n) is 9.36. The zero-order valence-corrected chi connectivity index (χ0v) is 19.9. The van der Waals surface area contributed by atoms with Gasteiger partial charge in [0.05, 0.1) is 37.2 Å². The third kappa shape index (κ3) is 6.68. The lowest BCUT2D eigenvalue weighted by atomic mass is 10.1. The summed E-state index contributed by atoms with van der Waals surface area (Å²) in [5, 5.41) is 0. The molecule has 0 unspecified atom stereocenters. The highest BCUT2D eigenvalue weighted by Crippen LogP contribution is 2.34. The van der Waals surface area contributed by atoms with Gasteiger partial charge < -0.3 is 14.2 Å². The van der Waals surface area contributed by atoms with Crippen LogP contribution in [0.25, 0.3) is 0 Å². The maximum atomic E-state index is 12.9. The standard InChI is InChI=1S/C17H24O12S3/c1-11-4-6-12(7-5-11)32(22,23)29-14-13(10-26-30(2,18)19)27-16(17-24-8-9-25-17)15(14)28-31(3,20)21/h4-7,13-17H,8-10H2,1-3H3/t13-,14+,15-,16+/m0/s1. The zero-order valence-electron chi connectivity index (χ0n) is 17.4. The van der Waals surface area contributed by atoms with Crippen LogP contribution < -0.4 is 0 Å². The summed E-state index contributed by atoms with van der Waals surface area (Å²) < 4.78 is 104. The average Bonchev–Trinajstić information content (AvgIpc) is 3.28. The lowest BCUT2D eigenvalue weighted by Gasteiger charge is -2.24. The number of hydrogen-bond acceptors (Lipinski definition) is 12. The molecule has 2 fully saturated rings. The quantitative estimate of drug-likeness (QED) is 0.389. The molecule has 2 saturated heterocycles. The molecule has 0 aromatic heterocycles. The van der Waals surface area contributed by atoms with Gasteiger partial charge >= 0.3 is 0 Å². The molecule has 32 heavy (non-hydrogen) atoms. The maximum Gasteiger partial charge on any atom is 0.297 e. The van der Waals surface area contributed by atoms with Crippen LogP contribution in [0.4, 0.5) is 0 Å². The van der Waals surface area contributed by atoms with E-state index >= 15 is 0 Å². The van der Waals surface area contributed by atoms with Gasteiger partial charge in [-0.15, -0.1) is 0 Å². The van der Waals surface area contributed by atoms with Crippen LogP contribution in [-0.4, -0.2) is 88.3 Å². The minimum Gasteiger partial charge on any atom is -0.361 e. The van der Waals surface area contributed by atoms with Crippen LogP contribution in [0, 0.1) is 6.92 Å². The van der Waals surface area contributed by atoms with Crippen molar-refractivity contribution in [3.63, 3.8) is 0 Å². The molecule has 1 aromatic rings. The molecule has 3 rings (SSSR count). The first kappa shape index (κ1) is 25.5. The van der Waals surface area contributed by atoms with Gasteiger partial charge in [-0.25, -0.2) is 0 Å². The molecule has 0 amide bonds. The van der Waals surface area contributed by atoms with E-state index in [1.165, 1.54) is 12.1 Å². The minimum atomic E-state index is -4.42. The van der Waals surface area contributed by atoms with Crippen LogP contribution in [0.15, 0.2) is 29.2 Å². The summed E-state index contributed by atoms with van der Waals surface area (Å²) in [6.07, 6.45) is -5.21. The fourth-order valence-electron chi connectivity index (χ4n) is 3.20. The molecule has 4 atom stereocenters. The van der Waals surface area contributed by atoms with Crippen molar-refractivity contribution in [2.45, 2.75) is 42.5 Å². The van der Waals surface area contributed by atoms with Crippen molar-refractivity contribution in [1.29, 1.82) is 0 Å². The van der Waals surface area contributed by atoms with E-state index in [-0.39, 0.29) is 18.1 Å². The second kappa shape index (κ2) is 9.60. The largest absolute Gasteiger partial charge is 0.361 e. The predicted molar refractivity (Wildman–Crippen MR) is 108 cm³/mol.